The first-order valence-electron chi connectivity index (χ1n) is 6.63. The van der Waals surface area contributed by atoms with Crippen molar-refractivity contribution < 1.29 is 22.9 Å². The molecule has 7 nitrogen and oxygen atoms in total. The molecule has 1 N–H and O–H groups in total. The largest absolute Gasteiger partial charge is 0.467 e. The summed E-state index contributed by atoms with van der Waals surface area (Å²) in [5, 5.41) is 6.45. The molecule has 0 spiro atoms. The molecule has 3 aromatic rings. The van der Waals surface area contributed by atoms with Crippen LogP contribution in [0.2, 0.25) is 0 Å². The van der Waals surface area contributed by atoms with Gasteiger partial charge in [0.25, 0.3) is 5.91 Å². The van der Waals surface area contributed by atoms with E-state index in [4.69, 9.17) is 18.1 Å². The number of hydrogen-bond donors (Lipinski definition) is 1. The molecular weight excluding hydrogens is 288 g/mol. The molecule has 0 aliphatic heterocycles. The molecular formula is C15H14N2O5. The van der Waals surface area contributed by atoms with Crippen molar-refractivity contribution in [2.45, 2.75) is 6.10 Å². The Morgan fingerprint density at radius 3 is 2.77 bits per heavy atom. The maximum Gasteiger partial charge on any atom is 0.273 e. The maximum absolute atomic E-state index is 12.1. The quantitative estimate of drug-likeness (QED) is 0.752. The first-order chi connectivity index (χ1) is 10.8. The highest BCUT2D eigenvalue weighted by molar-refractivity contribution is 5.92. The minimum Gasteiger partial charge on any atom is -0.467 e. The van der Waals surface area contributed by atoms with Crippen molar-refractivity contribution in [3.8, 4) is 11.5 Å². The van der Waals surface area contributed by atoms with E-state index in [1.54, 1.807) is 37.6 Å². The third kappa shape index (κ3) is 2.94. The zero-order chi connectivity index (χ0) is 15.4. The smallest absolute Gasteiger partial charge is 0.273 e. The summed E-state index contributed by atoms with van der Waals surface area (Å²) in [6.07, 6.45) is 2.70. The Morgan fingerprint density at radius 2 is 2.09 bits per heavy atom. The fourth-order valence-corrected chi connectivity index (χ4v) is 1.97. The van der Waals surface area contributed by atoms with E-state index in [-0.39, 0.29) is 24.2 Å². The summed E-state index contributed by atoms with van der Waals surface area (Å²) in [6.45, 7) is 0.256. The number of nitrogens with zero attached hydrogens (tertiary/aromatic N) is 1. The molecule has 0 saturated carbocycles. The zero-order valence-corrected chi connectivity index (χ0v) is 11.8. The van der Waals surface area contributed by atoms with Gasteiger partial charge in [0.15, 0.2) is 11.5 Å². The molecule has 0 radical (unpaired) electrons. The lowest BCUT2D eigenvalue weighted by molar-refractivity contribution is 0.0734. The van der Waals surface area contributed by atoms with Crippen molar-refractivity contribution in [2.24, 2.45) is 0 Å². The molecule has 0 unspecified atom stereocenters. The van der Waals surface area contributed by atoms with Gasteiger partial charge in [0.1, 0.15) is 11.9 Å². The number of furan rings is 2. The Balaban J connectivity index is 1.62. The van der Waals surface area contributed by atoms with Gasteiger partial charge in [-0.2, -0.15) is 0 Å². The summed E-state index contributed by atoms with van der Waals surface area (Å²) >= 11 is 0. The van der Waals surface area contributed by atoms with Crippen LogP contribution in [0.15, 0.2) is 56.2 Å². The Bertz CT molecular complexity index is 715. The standard InChI is InChI=1S/C15H14N2O5/c1-19-14(12-5-3-7-21-12)9-16-15(18)10-8-13(22-17-10)11-4-2-6-20-11/h2-8,14H,9H2,1H3,(H,16,18)/t14-/m1/s1. The highest BCUT2D eigenvalue weighted by atomic mass is 16.5. The molecule has 114 valence electrons. The minimum atomic E-state index is -0.366. The second-order valence-corrected chi connectivity index (χ2v) is 4.50. The molecule has 0 fully saturated rings. The molecule has 0 saturated heterocycles. The molecule has 7 heteroatoms. The number of hydrogen-bond acceptors (Lipinski definition) is 6. The van der Waals surface area contributed by atoms with Crippen LogP contribution in [-0.4, -0.2) is 24.7 Å². The first kappa shape index (κ1) is 14.2. The van der Waals surface area contributed by atoms with E-state index in [1.165, 1.54) is 12.3 Å². The molecule has 0 bridgehead atoms. The summed E-state index contributed by atoms with van der Waals surface area (Å²) in [5.41, 5.74) is 0.167. The van der Waals surface area contributed by atoms with E-state index in [0.717, 1.165) is 0 Å². The van der Waals surface area contributed by atoms with Gasteiger partial charge in [0, 0.05) is 13.2 Å². The molecule has 3 heterocycles. The summed E-state index contributed by atoms with van der Waals surface area (Å²) in [6, 6.07) is 8.51. The van der Waals surface area contributed by atoms with Crippen molar-refractivity contribution in [3.63, 3.8) is 0 Å². The molecule has 3 rings (SSSR count). The fourth-order valence-electron chi connectivity index (χ4n) is 1.97. The van der Waals surface area contributed by atoms with Gasteiger partial charge >= 0.3 is 0 Å². The average Bonchev–Trinajstić information content (AvgIpc) is 3.27. The summed E-state index contributed by atoms with van der Waals surface area (Å²) in [7, 11) is 1.55. The number of rotatable bonds is 6. The minimum absolute atomic E-state index is 0.167. The van der Waals surface area contributed by atoms with E-state index in [9.17, 15) is 4.79 Å². The summed E-state index contributed by atoms with van der Waals surface area (Å²) in [5.74, 6) is 1.18. The topological polar surface area (TPSA) is 90.6 Å². The second-order valence-electron chi connectivity index (χ2n) is 4.50. The fraction of sp³-hybridized carbons (Fsp3) is 0.200. The molecule has 0 aromatic carbocycles. The van der Waals surface area contributed by atoms with E-state index in [1.807, 2.05) is 0 Å². The normalized spacial score (nSPS) is 12.2. The molecule has 0 aliphatic carbocycles. The lowest BCUT2D eigenvalue weighted by atomic mass is 10.2. The van der Waals surface area contributed by atoms with E-state index >= 15 is 0 Å². The molecule has 1 atom stereocenters. The van der Waals surface area contributed by atoms with Gasteiger partial charge in [-0.15, -0.1) is 0 Å². The van der Waals surface area contributed by atoms with Crippen LogP contribution in [0.25, 0.3) is 11.5 Å². The lowest BCUT2D eigenvalue weighted by Gasteiger charge is -2.12. The number of methoxy groups -OCH3 is 1. The molecule has 22 heavy (non-hydrogen) atoms. The van der Waals surface area contributed by atoms with Crippen LogP contribution in [0.5, 0.6) is 0 Å². The highest BCUT2D eigenvalue weighted by Gasteiger charge is 2.18. The molecule has 3 aromatic heterocycles. The number of amides is 1. The summed E-state index contributed by atoms with van der Waals surface area (Å²) < 4.78 is 20.8. The number of nitrogens with one attached hydrogen (secondary N) is 1. The lowest BCUT2D eigenvalue weighted by Crippen LogP contribution is -2.29. The Labute approximate surface area is 125 Å². The Kier molecular flexibility index (Phi) is 4.06. The van der Waals surface area contributed by atoms with Crippen LogP contribution >= 0.6 is 0 Å². The third-order valence-corrected chi connectivity index (χ3v) is 3.10. The number of carbonyl (C=O) groups is 1. The van der Waals surface area contributed by atoms with Crippen LogP contribution in [0, 0.1) is 0 Å². The number of aromatic nitrogens is 1. The van der Waals surface area contributed by atoms with Crippen molar-refractivity contribution in [3.05, 3.63) is 54.3 Å². The van der Waals surface area contributed by atoms with Gasteiger partial charge in [-0.05, 0) is 24.3 Å². The van der Waals surface area contributed by atoms with E-state index in [2.05, 4.69) is 10.5 Å². The SMILES string of the molecule is CO[C@H](CNC(=O)c1cc(-c2ccco2)on1)c1ccco1. The first-order valence-corrected chi connectivity index (χ1v) is 6.63. The monoisotopic (exact) mass is 302 g/mol. The summed E-state index contributed by atoms with van der Waals surface area (Å²) in [4.78, 5) is 12.1. The van der Waals surface area contributed by atoms with Gasteiger partial charge in [-0.1, -0.05) is 5.16 Å². The maximum atomic E-state index is 12.1. The van der Waals surface area contributed by atoms with Crippen molar-refractivity contribution in [1.29, 1.82) is 0 Å². The Hall–Kier alpha value is -2.80. The van der Waals surface area contributed by atoms with Crippen LogP contribution in [0.1, 0.15) is 22.4 Å². The van der Waals surface area contributed by atoms with Gasteiger partial charge in [0.2, 0.25) is 5.76 Å². The van der Waals surface area contributed by atoms with E-state index in [0.29, 0.717) is 17.3 Å². The van der Waals surface area contributed by atoms with Gasteiger partial charge in [-0.25, -0.2) is 0 Å². The number of carbonyl (C=O) groups excluding carboxylic acids is 1. The molecule has 1 amide bonds. The van der Waals surface area contributed by atoms with E-state index < -0.39 is 0 Å². The second kappa shape index (κ2) is 6.31. The van der Waals surface area contributed by atoms with Crippen LogP contribution in [0.4, 0.5) is 0 Å². The van der Waals surface area contributed by atoms with Crippen LogP contribution in [-0.2, 0) is 4.74 Å². The highest BCUT2D eigenvalue weighted by Crippen LogP contribution is 2.21. The third-order valence-electron chi connectivity index (χ3n) is 3.10. The van der Waals surface area contributed by atoms with Crippen LogP contribution < -0.4 is 5.32 Å². The van der Waals surface area contributed by atoms with Crippen molar-refractivity contribution in [1.82, 2.24) is 10.5 Å². The van der Waals surface area contributed by atoms with Gasteiger partial charge in [-0.3, -0.25) is 4.79 Å². The van der Waals surface area contributed by atoms with Gasteiger partial charge in [0.05, 0.1) is 19.1 Å². The Morgan fingerprint density at radius 1 is 1.27 bits per heavy atom. The average molecular weight is 302 g/mol. The predicted octanol–water partition coefficient (Wildman–Crippen LogP) is 2.65. The molecule has 0 aliphatic rings. The van der Waals surface area contributed by atoms with Crippen LogP contribution in [0.3, 0.4) is 0 Å². The van der Waals surface area contributed by atoms with Gasteiger partial charge < -0.3 is 23.4 Å². The predicted molar refractivity (Wildman–Crippen MR) is 75.0 cm³/mol. The zero-order valence-electron chi connectivity index (χ0n) is 11.8. The van der Waals surface area contributed by atoms with Crippen molar-refractivity contribution >= 4 is 5.91 Å². The number of ether oxygens (including phenoxy) is 1. The van der Waals surface area contributed by atoms with Crippen molar-refractivity contribution in [2.75, 3.05) is 13.7 Å².